The van der Waals surface area contributed by atoms with Crippen LogP contribution in [0.4, 0.5) is 23.7 Å². The zero-order chi connectivity index (χ0) is 35.6. The second-order valence-corrected chi connectivity index (χ2v) is 14.6. The zero-order valence-corrected chi connectivity index (χ0v) is 28.7. The first-order chi connectivity index (χ1) is 23.8. The summed E-state index contributed by atoms with van der Waals surface area (Å²) >= 11 is 0. The van der Waals surface area contributed by atoms with Crippen molar-refractivity contribution in [1.29, 1.82) is 0 Å². The molecule has 0 radical (unpaired) electrons. The zero-order valence-electron chi connectivity index (χ0n) is 28.7. The van der Waals surface area contributed by atoms with Gasteiger partial charge in [0, 0.05) is 44.3 Å². The van der Waals surface area contributed by atoms with Crippen LogP contribution in [0.2, 0.25) is 0 Å². The number of carbonyl (C=O) groups excluding carboxylic acids is 3. The fourth-order valence-electron chi connectivity index (χ4n) is 7.42. The molecule has 3 aromatic carbocycles. The Morgan fingerprint density at radius 2 is 1.52 bits per heavy atom. The Balaban J connectivity index is 1.33. The normalized spacial score (nSPS) is 22.1. The molecule has 3 aliphatic rings. The van der Waals surface area contributed by atoms with E-state index in [1.807, 2.05) is 65.6 Å². The van der Waals surface area contributed by atoms with E-state index in [2.05, 4.69) is 4.90 Å². The molecule has 11 heteroatoms. The van der Waals surface area contributed by atoms with Crippen LogP contribution >= 0.6 is 0 Å². The molecule has 8 nitrogen and oxygen atoms in total. The average molecular weight is 692 g/mol. The van der Waals surface area contributed by atoms with E-state index in [4.69, 9.17) is 9.47 Å². The maximum absolute atomic E-state index is 14.5. The average Bonchev–Trinajstić information content (AvgIpc) is 3.66. The third-order valence-corrected chi connectivity index (χ3v) is 9.81. The van der Waals surface area contributed by atoms with Crippen LogP contribution in [0, 0.1) is 11.8 Å². The van der Waals surface area contributed by atoms with Crippen molar-refractivity contribution >= 4 is 23.7 Å². The summed E-state index contributed by atoms with van der Waals surface area (Å²) in [6.07, 6.45) is -3.98. The van der Waals surface area contributed by atoms with E-state index in [1.165, 1.54) is 17.0 Å². The maximum atomic E-state index is 14.5. The standard InChI is InChI=1S/C39H44F3N3O5/c1-38(2,3)50-36(47)28-16-18-44(19-17-28)34-21-29(39(40,41)42)14-15-31(34)32-23-43(22-27-12-8-5-9-13-27)24-33(32)35(46)45-30(25-49-37(45)48)20-26-10-6-4-7-11-26/h4-15,21,28,30,32-33H,16-20,22-25H2,1-3H3/t30-,32+,33?/m1/s1. The predicted molar refractivity (Wildman–Crippen MR) is 182 cm³/mol. The van der Waals surface area contributed by atoms with Crippen molar-refractivity contribution in [3.8, 4) is 0 Å². The van der Waals surface area contributed by atoms with Crippen LogP contribution in [-0.4, -0.2) is 72.2 Å². The van der Waals surface area contributed by atoms with Gasteiger partial charge < -0.3 is 14.4 Å². The highest BCUT2D eigenvalue weighted by Crippen LogP contribution is 2.43. The largest absolute Gasteiger partial charge is 0.460 e. The van der Waals surface area contributed by atoms with Gasteiger partial charge in [0.05, 0.1) is 23.4 Å². The maximum Gasteiger partial charge on any atom is 0.416 e. The van der Waals surface area contributed by atoms with Gasteiger partial charge in [0.2, 0.25) is 5.91 Å². The Morgan fingerprint density at radius 1 is 0.880 bits per heavy atom. The number of alkyl halides is 3. The van der Waals surface area contributed by atoms with Crippen molar-refractivity contribution in [3.63, 3.8) is 0 Å². The van der Waals surface area contributed by atoms with Crippen LogP contribution < -0.4 is 4.90 Å². The molecule has 3 aromatic rings. The molecular weight excluding hydrogens is 647 g/mol. The summed E-state index contributed by atoms with van der Waals surface area (Å²) < 4.78 is 53.5. The summed E-state index contributed by atoms with van der Waals surface area (Å²) in [5, 5.41) is 0. The molecule has 266 valence electrons. The number of imide groups is 1. The van der Waals surface area contributed by atoms with E-state index < -0.39 is 41.3 Å². The molecule has 2 amide bonds. The van der Waals surface area contributed by atoms with Crippen LogP contribution in [0.3, 0.4) is 0 Å². The molecule has 0 spiro atoms. The van der Waals surface area contributed by atoms with E-state index in [1.54, 1.807) is 20.8 Å². The van der Waals surface area contributed by atoms with Crippen LogP contribution in [0.1, 0.15) is 61.8 Å². The third-order valence-electron chi connectivity index (χ3n) is 9.81. The third kappa shape index (κ3) is 8.15. The van der Waals surface area contributed by atoms with Gasteiger partial charge in [0.15, 0.2) is 0 Å². The topological polar surface area (TPSA) is 79.4 Å². The highest BCUT2D eigenvalue weighted by atomic mass is 19.4. The Morgan fingerprint density at radius 3 is 2.14 bits per heavy atom. The van der Waals surface area contributed by atoms with E-state index in [-0.39, 0.29) is 24.4 Å². The minimum absolute atomic E-state index is 0.0721. The lowest BCUT2D eigenvalue weighted by Crippen LogP contribution is -2.45. The Bertz CT molecular complexity index is 1670. The first-order valence-electron chi connectivity index (χ1n) is 17.3. The second-order valence-electron chi connectivity index (χ2n) is 14.6. The first kappa shape index (κ1) is 35.4. The van der Waals surface area contributed by atoms with E-state index in [9.17, 15) is 27.6 Å². The predicted octanol–water partition coefficient (Wildman–Crippen LogP) is 7.07. The van der Waals surface area contributed by atoms with Crippen molar-refractivity contribution in [2.45, 2.75) is 70.3 Å². The lowest BCUT2D eigenvalue weighted by Gasteiger charge is -2.36. The number of benzene rings is 3. The monoisotopic (exact) mass is 691 g/mol. The fraction of sp³-hybridized carbons (Fsp3) is 0.462. The number of ether oxygens (including phenoxy) is 2. The Labute approximate surface area is 291 Å². The Kier molecular flexibility index (Phi) is 10.3. The van der Waals surface area contributed by atoms with Gasteiger partial charge in [-0.15, -0.1) is 0 Å². The highest BCUT2D eigenvalue weighted by Gasteiger charge is 2.48. The van der Waals surface area contributed by atoms with Crippen molar-refractivity contribution in [2.75, 3.05) is 37.7 Å². The summed E-state index contributed by atoms with van der Waals surface area (Å²) in [6, 6.07) is 22.6. The molecule has 0 bridgehead atoms. The smallest absolute Gasteiger partial charge is 0.416 e. The van der Waals surface area contributed by atoms with Gasteiger partial charge in [0.1, 0.15) is 12.2 Å². The van der Waals surface area contributed by atoms with Gasteiger partial charge >= 0.3 is 18.2 Å². The van der Waals surface area contributed by atoms with Crippen LogP contribution in [0.15, 0.2) is 78.9 Å². The molecule has 3 saturated heterocycles. The van der Waals surface area contributed by atoms with Crippen LogP contribution in [0.5, 0.6) is 0 Å². The van der Waals surface area contributed by atoms with Gasteiger partial charge in [-0.1, -0.05) is 66.7 Å². The molecule has 1 unspecified atom stereocenters. The van der Waals surface area contributed by atoms with Crippen LogP contribution in [-0.2, 0) is 38.2 Å². The number of piperidine rings is 1. The highest BCUT2D eigenvalue weighted by molar-refractivity contribution is 5.95. The van der Waals surface area contributed by atoms with E-state index >= 15 is 0 Å². The molecule has 3 atom stereocenters. The van der Waals surface area contributed by atoms with Crippen molar-refractivity contribution in [1.82, 2.24) is 9.80 Å². The van der Waals surface area contributed by atoms with Crippen molar-refractivity contribution < 1.29 is 37.0 Å². The number of rotatable bonds is 8. The van der Waals surface area contributed by atoms with Gasteiger partial charge in [0.25, 0.3) is 0 Å². The van der Waals surface area contributed by atoms with Gasteiger partial charge in [-0.2, -0.15) is 13.2 Å². The number of likely N-dealkylation sites (tertiary alicyclic amines) is 1. The molecule has 3 heterocycles. The minimum atomic E-state index is -4.57. The van der Waals surface area contributed by atoms with Gasteiger partial charge in [-0.3, -0.25) is 14.5 Å². The SMILES string of the molecule is CC(C)(C)OC(=O)C1CCN(c2cc(C(F)(F)F)ccc2[C@@H]2CN(Cc3ccccc3)CC2C(=O)N2C(=O)OC[C@H]2Cc2ccccc2)CC1. The van der Waals surface area contributed by atoms with Gasteiger partial charge in [-0.25, -0.2) is 9.69 Å². The second kappa shape index (κ2) is 14.5. The molecule has 0 saturated carbocycles. The summed E-state index contributed by atoms with van der Waals surface area (Å²) in [5.74, 6) is -2.26. The molecule has 3 aliphatic heterocycles. The van der Waals surface area contributed by atoms with Gasteiger partial charge in [-0.05, 0) is 68.9 Å². The molecule has 3 fully saturated rings. The number of hydrogen-bond donors (Lipinski definition) is 0. The fourth-order valence-corrected chi connectivity index (χ4v) is 7.42. The summed E-state index contributed by atoms with van der Waals surface area (Å²) in [6.45, 7) is 7.47. The van der Waals surface area contributed by atoms with E-state index in [0.29, 0.717) is 63.2 Å². The number of esters is 1. The molecular formula is C39H44F3N3O5. The quantitative estimate of drug-likeness (QED) is 0.234. The lowest BCUT2D eigenvalue weighted by atomic mass is 9.85. The number of cyclic esters (lactones) is 1. The van der Waals surface area contributed by atoms with Crippen molar-refractivity contribution in [3.05, 3.63) is 101 Å². The molecule has 0 aromatic heterocycles. The number of hydrogen-bond acceptors (Lipinski definition) is 7. The summed E-state index contributed by atoms with van der Waals surface area (Å²) in [5.41, 5.74) is 1.60. The lowest BCUT2D eigenvalue weighted by molar-refractivity contribution is -0.160. The van der Waals surface area contributed by atoms with Crippen LogP contribution in [0.25, 0.3) is 0 Å². The van der Waals surface area contributed by atoms with E-state index in [0.717, 1.165) is 17.2 Å². The number of anilines is 1. The first-order valence-corrected chi connectivity index (χ1v) is 17.3. The summed E-state index contributed by atoms with van der Waals surface area (Å²) in [4.78, 5) is 45.8. The molecule has 50 heavy (non-hydrogen) atoms. The minimum Gasteiger partial charge on any atom is -0.460 e. The summed E-state index contributed by atoms with van der Waals surface area (Å²) in [7, 11) is 0. The Hall–Kier alpha value is -4.38. The molecule has 6 rings (SSSR count). The molecule has 0 N–H and O–H groups in total. The molecule has 0 aliphatic carbocycles. The number of halogens is 3. The van der Waals surface area contributed by atoms with Crippen molar-refractivity contribution in [2.24, 2.45) is 11.8 Å². The number of nitrogens with zero attached hydrogens (tertiary/aromatic N) is 3. The number of carbonyl (C=O) groups is 3. The number of amides is 2.